The first-order valence-electron chi connectivity index (χ1n) is 23.8. The molecular weight excluding hydrogens is 751 g/mol. The number of nitrogens with zero attached hydrogens (tertiary/aromatic N) is 4. The van der Waals surface area contributed by atoms with Gasteiger partial charge in [-0.3, -0.25) is 0 Å². The van der Waals surface area contributed by atoms with Crippen LogP contribution in [-0.4, -0.2) is 39.8 Å². The molecule has 0 N–H and O–H groups in total. The first kappa shape index (κ1) is 51.6. The predicted molar refractivity (Wildman–Crippen MR) is 251 cm³/mol. The number of benzene rings is 2. The maximum atomic E-state index is 12.3. The van der Waals surface area contributed by atoms with Crippen LogP contribution in [0.4, 0.5) is 0 Å². The van der Waals surface area contributed by atoms with Crippen molar-refractivity contribution in [2.45, 2.75) is 203 Å². The molecule has 0 aromatic heterocycles. The molecule has 0 unspecified atom stereocenters. The average Bonchev–Trinajstić information content (AvgIpc) is 3.49. The van der Waals surface area contributed by atoms with Gasteiger partial charge in [0.1, 0.15) is 5.57 Å². The van der Waals surface area contributed by atoms with Gasteiger partial charge in [-0.15, -0.1) is 0 Å². The van der Waals surface area contributed by atoms with Crippen molar-refractivity contribution >= 4 is 11.4 Å². The van der Waals surface area contributed by atoms with Crippen molar-refractivity contribution in [2.75, 3.05) is 27.2 Å². The molecule has 0 amide bonds. The monoisotopic (exact) mass is 837 g/mol. The number of hydrogen-bond donors (Lipinski definition) is 0. The Morgan fingerprint density at radius 3 is 1.41 bits per heavy atom. The molecule has 58 heavy (non-hydrogen) atoms. The van der Waals surface area contributed by atoms with E-state index >= 15 is 0 Å². The summed E-state index contributed by atoms with van der Waals surface area (Å²) in [5.74, 6) is 7.26. The summed E-state index contributed by atoms with van der Waals surface area (Å²) in [6.07, 6.45) is 28.1. The molecule has 0 saturated heterocycles. The van der Waals surface area contributed by atoms with E-state index in [9.17, 15) is 5.53 Å². The minimum absolute atomic E-state index is 0.881. The van der Waals surface area contributed by atoms with Gasteiger partial charge in [0.2, 0.25) is 11.4 Å². The number of rotatable bonds is 28. The molecule has 1 aliphatic rings. The van der Waals surface area contributed by atoms with E-state index in [-0.39, 0.29) is 0 Å². The van der Waals surface area contributed by atoms with Gasteiger partial charge in [0, 0.05) is 23.1 Å². The van der Waals surface area contributed by atoms with Crippen LogP contribution in [0.25, 0.3) is 16.9 Å². The van der Waals surface area contributed by atoms with E-state index in [2.05, 4.69) is 126 Å². The molecule has 0 bridgehead atoms. The Balaban J connectivity index is 0.00000115. The molecule has 1 heterocycles. The molecule has 5 heteroatoms. The van der Waals surface area contributed by atoms with Gasteiger partial charge in [0.15, 0.2) is 0 Å². The third-order valence-electron chi connectivity index (χ3n) is 11.2. The summed E-state index contributed by atoms with van der Waals surface area (Å²) in [5.41, 5.74) is 23.9. The van der Waals surface area contributed by atoms with Gasteiger partial charge >= 0.3 is 63.9 Å². The van der Waals surface area contributed by atoms with Crippen LogP contribution in [0.3, 0.4) is 0 Å². The van der Waals surface area contributed by atoms with Crippen LogP contribution in [0.15, 0.2) is 47.5 Å². The van der Waals surface area contributed by atoms with E-state index in [1.807, 2.05) is 0 Å². The normalized spacial score (nSPS) is 12.9. The zero-order valence-electron chi connectivity index (χ0n) is 39.2. The Hall–Kier alpha value is -2.51. The molecule has 0 radical (unpaired) electrons. The molecule has 328 valence electrons. The minimum atomic E-state index is 0.881. The second-order valence-electron chi connectivity index (χ2n) is 16.7. The van der Waals surface area contributed by atoms with Crippen molar-refractivity contribution in [1.82, 2.24) is 7.96 Å². The van der Waals surface area contributed by atoms with Crippen molar-refractivity contribution in [3.63, 3.8) is 0 Å². The van der Waals surface area contributed by atoms with Crippen LogP contribution in [0.1, 0.15) is 210 Å². The molecule has 0 spiro atoms. The van der Waals surface area contributed by atoms with E-state index in [0.29, 0.717) is 0 Å². The van der Waals surface area contributed by atoms with E-state index in [4.69, 9.17) is 0 Å². The van der Waals surface area contributed by atoms with E-state index in [1.165, 1.54) is 135 Å². The molecule has 1 aliphatic heterocycles. The number of unbranched alkanes of at least 4 members (excludes halogenated alkanes) is 16. The summed E-state index contributed by atoms with van der Waals surface area (Å²) in [6.45, 7) is 20.0. The molecule has 0 atom stereocenters. The number of allylic oxidation sites excluding steroid dienone is 2. The van der Waals surface area contributed by atoms with Crippen molar-refractivity contribution < 1.29 is 19.6 Å². The summed E-state index contributed by atoms with van der Waals surface area (Å²) < 4.78 is 5.97. The van der Waals surface area contributed by atoms with Gasteiger partial charge in [-0.2, -0.15) is 0 Å². The van der Waals surface area contributed by atoms with Crippen LogP contribution < -0.4 is 0 Å². The third-order valence-corrected chi connectivity index (χ3v) is 12.5. The van der Waals surface area contributed by atoms with E-state index < -0.39 is 0 Å². The van der Waals surface area contributed by atoms with Crippen molar-refractivity contribution in [3.8, 4) is 11.8 Å². The predicted octanol–water partition coefficient (Wildman–Crippen LogP) is 15.6. The van der Waals surface area contributed by atoms with Crippen LogP contribution in [0.2, 0.25) is 0 Å². The summed E-state index contributed by atoms with van der Waals surface area (Å²) in [7, 11) is 4.21. The quantitative estimate of drug-likeness (QED) is 0.0370. The Morgan fingerprint density at radius 2 is 0.948 bits per heavy atom. The third kappa shape index (κ3) is 19.7. The molecule has 0 saturated carbocycles. The van der Waals surface area contributed by atoms with Crippen molar-refractivity contribution in [2.24, 2.45) is 0 Å². The second-order valence-corrected chi connectivity index (χ2v) is 18.4. The Bertz CT molecular complexity index is 1580. The van der Waals surface area contributed by atoms with E-state index in [1.54, 1.807) is 14.9 Å². The topological polar surface area (TPSA) is 31.8 Å². The van der Waals surface area contributed by atoms with Crippen LogP contribution >= 0.6 is 0 Å². The van der Waals surface area contributed by atoms with Crippen LogP contribution in [-0.2, 0) is 27.7 Å². The SMILES string of the molecule is CCCCCCCC#CC1=C(c2cc(C)cc(CCCCCCCC)c2)[N+](=[N-])C(c2cc(C)cc(CCCCCCCC)c2)=C1CCCC.CC[N](C)[Ni][N](C)CC. The van der Waals surface area contributed by atoms with Gasteiger partial charge < -0.3 is 5.53 Å². The molecule has 3 rings (SSSR count). The fourth-order valence-electron chi connectivity index (χ4n) is 7.65. The zero-order chi connectivity index (χ0) is 42.5. The Morgan fingerprint density at radius 1 is 0.517 bits per heavy atom. The van der Waals surface area contributed by atoms with Gasteiger partial charge in [-0.1, -0.05) is 159 Å². The average molecular weight is 838 g/mol. The summed E-state index contributed by atoms with van der Waals surface area (Å²) in [6, 6.07) is 13.9. The molecule has 4 nitrogen and oxygen atoms in total. The number of aryl methyl sites for hydroxylation is 4. The van der Waals surface area contributed by atoms with Gasteiger partial charge in [-0.05, 0) is 94.2 Å². The first-order chi connectivity index (χ1) is 28.1. The molecular formula is C53H86N4Ni. The van der Waals surface area contributed by atoms with Crippen molar-refractivity contribution in [3.05, 3.63) is 86.5 Å². The second kappa shape index (κ2) is 31.4. The van der Waals surface area contributed by atoms with Gasteiger partial charge in [0.25, 0.3) is 0 Å². The van der Waals surface area contributed by atoms with Crippen LogP contribution in [0, 0.1) is 25.7 Å². The summed E-state index contributed by atoms with van der Waals surface area (Å²) in [4.78, 5) is 0. The maximum absolute atomic E-state index is 12.3. The fourth-order valence-corrected chi connectivity index (χ4v) is 8.50. The Kier molecular flexibility index (Phi) is 27.9. The molecule has 2 aromatic carbocycles. The summed E-state index contributed by atoms with van der Waals surface area (Å²) >= 11 is 1.59. The van der Waals surface area contributed by atoms with Crippen LogP contribution in [0.5, 0.6) is 0 Å². The van der Waals surface area contributed by atoms with Gasteiger partial charge in [-0.25, -0.2) is 4.70 Å². The molecule has 0 fully saturated rings. The zero-order valence-corrected chi connectivity index (χ0v) is 40.2. The standard InChI is InChI=1S/C47H70N2.2C3H8N.Ni/c1-7-11-15-18-21-24-27-31-45-44(30-14-10-4)46(42-34-38(5)32-40(36-42)28-25-22-19-16-12-8-2)49(48)47(45)43-35-39(6)33-41(37-43)29-26-23-20-17-13-9-3;2*1-3-4-2;/h32-37H,7-26,28-30H2,1-6H3;2*3H2,1-2H3;/q;2*-1;+2. The van der Waals surface area contributed by atoms with E-state index in [0.717, 1.165) is 86.1 Å². The number of hydrogen-bond acceptors (Lipinski definition) is 2. The molecule has 0 aliphatic carbocycles. The molecule has 2 aromatic rings. The van der Waals surface area contributed by atoms with Crippen molar-refractivity contribution in [1.29, 1.82) is 0 Å². The first-order valence-corrected chi connectivity index (χ1v) is 24.7. The van der Waals surface area contributed by atoms with Gasteiger partial charge in [0.05, 0.1) is 0 Å². The fraction of sp³-hybridized carbons (Fsp3) is 0.660. The Labute approximate surface area is 365 Å². The summed E-state index contributed by atoms with van der Waals surface area (Å²) in [5, 5.41) is 0.